The number of amides is 3. The molecule has 1 heterocycles. The number of carbonyl (C=O) groups excluding carboxylic acids is 3. The Hall–Kier alpha value is -2.66. The van der Waals surface area contributed by atoms with Crippen molar-refractivity contribution >= 4 is 29.3 Å². The van der Waals surface area contributed by atoms with Crippen LogP contribution >= 0.6 is 11.6 Å². The molecule has 3 amide bonds. The minimum Gasteiger partial charge on any atom is -0.319 e. The maximum Gasteiger partial charge on any atom is 0.325 e. The van der Waals surface area contributed by atoms with Gasteiger partial charge >= 0.3 is 6.03 Å². The van der Waals surface area contributed by atoms with Gasteiger partial charge in [0.1, 0.15) is 5.54 Å². The summed E-state index contributed by atoms with van der Waals surface area (Å²) < 4.78 is 0. The molecule has 2 aromatic carbocycles. The van der Waals surface area contributed by atoms with Crippen LogP contribution < -0.4 is 5.32 Å². The summed E-state index contributed by atoms with van der Waals surface area (Å²) in [6, 6.07) is 11.7. The first kappa shape index (κ1) is 18.1. The third-order valence-corrected chi connectivity index (χ3v) is 4.94. The molecule has 1 aliphatic heterocycles. The molecule has 1 atom stereocenters. The fraction of sp³-hybridized carbons (Fsp3) is 0.250. The van der Waals surface area contributed by atoms with Crippen molar-refractivity contribution in [2.75, 3.05) is 6.54 Å². The fourth-order valence-electron chi connectivity index (χ4n) is 3.08. The molecule has 134 valence electrons. The van der Waals surface area contributed by atoms with Crippen molar-refractivity contribution in [1.29, 1.82) is 0 Å². The normalized spacial score (nSPS) is 19.6. The number of halogens is 1. The number of imide groups is 1. The highest BCUT2D eigenvalue weighted by Crippen LogP contribution is 2.30. The van der Waals surface area contributed by atoms with Crippen LogP contribution in [-0.2, 0) is 10.3 Å². The first-order valence-electron chi connectivity index (χ1n) is 8.23. The number of rotatable bonds is 4. The lowest BCUT2D eigenvalue weighted by Gasteiger charge is -2.22. The van der Waals surface area contributed by atoms with Gasteiger partial charge in [0.25, 0.3) is 5.91 Å². The predicted octanol–water partition coefficient (Wildman–Crippen LogP) is 3.61. The van der Waals surface area contributed by atoms with Crippen LogP contribution in [0.5, 0.6) is 0 Å². The summed E-state index contributed by atoms with van der Waals surface area (Å²) in [6.45, 7) is 5.05. The summed E-state index contributed by atoms with van der Waals surface area (Å²) in [5, 5.41) is 3.23. The molecule has 3 rings (SSSR count). The number of nitrogens with one attached hydrogen (secondary N) is 1. The van der Waals surface area contributed by atoms with E-state index in [1.165, 1.54) is 0 Å². The number of ketones is 1. The molecule has 1 saturated heterocycles. The molecule has 1 aliphatic rings. The van der Waals surface area contributed by atoms with Gasteiger partial charge in [0.2, 0.25) is 0 Å². The number of hydrogen-bond acceptors (Lipinski definition) is 3. The van der Waals surface area contributed by atoms with E-state index in [1.54, 1.807) is 37.3 Å². The highest BCUT2D eigenvalue weighted by molar-refractivity contribution is 6.30. The summed E-state index contributed by atoms with van der Waals surface area (Å²) >= 11 is 5.89. The third-order valence-electron chi connectivity index (χ3n) is 4.69. The van der Waals surface area contributed by atoms with Gasteiger partial charge in [-0.3, -0.25) is 14.5 Å². The summed E-state index contributed by atoms with van der Waals surface area (Å²) in [4.78, 5) is 38.9. The smallest absolute Gasteiger partial charge is 0.319 e. The van der Waals surface area contributed by atoms with Gasteiger partial charge in [-0.15, -0.1) is 0 Å². The van der Waals surface area contributed by atoms with E-state index in [-0.39, 0.29) is 12.3 Å². The molecule has 0 spiro atoms. The van der Waals surface area contributed by atoms with Crippen molar-refractivity contribution in [3.8, 4) is 0 Å². The van der Waals surface area contributed by atoms with Crippen LogP contribution in [0.25, 0.3) is 0 Å². The Kier molecular flexibility index (Phi) is 4.59. The fourth-order valence-corrected chi connectivity index (χ4v) is 3.21. The summed E-state index contributed by atoms with van der Waals surface area (Å²) in [5.41, 5.74) is 1.67. The molecule has 0 bridgehead atoms. The van der Waals surface area contributed by atoms with Crippen LogP contribution in [0.3, 0.4) is 0 Å². The van der Waals surface area contributed by atoms with Gasteiger partial charge in [0.05, 0.1) is 6.54 Å². The van der Waals surface area contributed by atoms with E-state index in [0.29, 0.717) is 16.1 Å². The lowest BCUT2D eigenvalue weighted by atomic mass is 9.92. The Bertz CT molecular complexity index is 908. The lowest BCUT2D eigenvalue weighted by molar-refractivity contribution is -0.130. The van der Waals surface area contributed by atoms with Gasteiger partial charge in [-0.1, -0.05) is 41.4 Å². The van der Waals surface area contributed by atoms with E-state index in [1.807, 2.05) is 26.0 Å². The highest BCUT2D eigenvalue weighted by Gasteiger charge is 2.49. The number of urea groups is 1. The Balaban J connectivity index is 1.86. The molecule has 26 heavy (non-hydrogen) atoms. The quantitative estimate of drug-likeness (QED) is 0.660. The van der Waals surface area contributed by atoms with E-state index in [2.05, 4.69) is 5.32 Å². The standard InChI is InChI=1S/C20H19ClN2O3/c1-12-4-5-13(2)16(10-12)17(24)11-23-18(25)20(3,22-19(23)26)14-6-8-15(21)9-7-14/h4-10H,11H2,1-3H3,(H,22,26). The van der Waals surface area contributed by atoms with Crippen LogP contribution in [0, 0.1) is 13.8 Å². The Morgan fingerprint density at radius 2 is 1.77 bits per heavy atom. The lowest BCUT2D eigenvalue weighted by Crippen LogP contribution is -2.41. The molecule has 0 aromatic heterocycles. The molecule has 1 fully saturated rings. The van der Waals surface area contributed by atoms with Crippen molar-refractivity contribution in [2.45, 2.75) is 26.3 Å². The van der Waals surface area contributed by atoms with Crippen LogP contribution in [0.2, 0.25) is 5.02 Å². The predicted molar refractivity (Wildman–Crippen MR) is 99.3 cm³/mol. The molecule has 5 nitrogen and oxygen atoms in total. The molecule has 0 aliphatic carbocycles. The van der Waals surface area contributed by atoms with Crippen molar-refractivity contribution in [2.24, 2.45) is 0 Å². The molecule has 0 saturated carbocycles. The molecule has 1 N–H and O–H groups in total. The zero-order valence-corrected chi connectivity index (χ0v) is 15.6. The minimum absolute atomic E-state index is 0.268. The SMILES string of the molecule is Cc1ccc(C)c(C(=O)CN2C(=O)NC(C)(c3ccc(Cl)cc3)C2=O)c1. The Morgan fingerprint density at radius 3 is 2.42 bits per heavy atom. The summed E-state index contributed by atoms with van der Waals surface area (Å²) in [6.07, 6.45) is 0. The van der Waals surface area contributed by atoms with Crippen LogP contribution in [0.15, 0.2) is 42.5 Å². The second-order valence-electron chi connectivity index (χ2n) is 6.69. The molecular formula is C20H19ClN2O3. The Labute approximate surface area is 156 Å². The maximum atomic E-state index is 12.9. The molecular weight excluding hydrogens is 352 g/mol. The van der Waals surface area contributed by atoms with Gasteiger partial charge in [-0.05, 0) is 50.1 Å². The van der Waals surface area contributed by atoms with Gasteiger partial charge in [0, 0.05) is 10.6 Å². The highest BCUT2D eigenvalue weighted by atomic mass is 35.5. The largest absolute Gasteiger partial charge is 0.325 e. The molecule has 0 radical (unpaired) electrons. The van der Waals surface area contributed by atoms with E-state index in [0.717, 1.165) is 16.0 Å². The number of benzene rings is 2. The topological polar surface area (TPSA) is 66.5 Å². The molecule has 2 aromatic rings. The Morgan fingerprint density at radius 1 is 1.12 bits per heavy atom. The first-order valence-corrected chi connectivity index (χ1v) is 8.61. The van der Waals surface area contributed by atoms with Crippen LogP contribution in [-0.4, -0.2) is 29.2 Å². The van der Waals surface area contributed by atoms with Crippen LogP contribution in [0.4, 0.5) is 4.79 Å². The van der Waals surface area contributed by atoms with Crippen molar-refractivity contribution in [1.82, 2.24) is 10.2 Å². The average molecular weight is 371 g/mol. The monoisotopic (exact) mass is 370 g/mol. The summed E-state index contributed by atoms with van der Waals surface area (Å²) in [7, 11) is 0. The van der Waals surface area contributed by atoms with Gasteiger partial charge in [0.15, 0.2) is 5.78 Å². The van der Waals surface area contributed by atoms with Gasteiger partial charge in [-0.2, -0.15) is 0 Å². The third kappa shape index (κ3) is 3.10. The zero-order valence-electron chi connectivity index (χ0n) is 14.8. The summed E-state index contributed by atoms with van der Waals surface area (Å²) in [5.74, 6) is -0.724. The van der Waals surface area contributed by atoms with E-state index in [9.17, 15) is 14.4 Å². The zero-order chi connectivity index (χ0) is 19.1. The van der Waals surface area contributed by atoms with Crippen molar-refractivity contribution in [3.63, 3.8) is 0 Å². The van der Waals surface area contributed by atoms with Crippen LogP contribution in [0.1, 0.15) is 34.0 Å². The van der Waals surface area contributed by atoms with Crippen molar-refractivity contribution in [3.05, 3.63) is 69.7 Å². The number of Topliss-reactive ketones (excluding diaryl/α,β-unsaturated/α-hetero) is 1. The molecule has 1 unspecified atom stereocenters. The number of carbonyl (C=O) groups is 3. The van der Waals surface area contributed by atoms with Gasteiger partial charge in [-0.25, -0.2) is 4.79 Å². The number of hydrogen-bond donors (Lipinski definition) is 1. The van der Waals surface area contributed by atoms with E-state index < -0.39 is 17.5 Å². The average Bonchev–Trinajstić information content (AvgIpc) is 2.81. The van der Waals surface area contributed by atoms with Crippen molar-refractivity contribution < 1.29 is 14.4 Å². The van der Waals surface area contributed by atoms with Gasteiger partial charge < -0.3 is 5.32 Å². The minimum atomic E-state index is -1.22. The van der Waals surface area contributed by atoms with E-state index >= 15 is 0 Å². The number of aryl methyl sites for hydroxylation is 2. The maximum absolute atomic E-state index is 12.9. The first-order chi connectivity index (χ1) is 12.2. The molecule has 6 heteroatoms. The van der Waals surface area contributed by atoms with E-state index in [4.69, 9.17) is 11.6 Å². The second kappa shape index (κ2) is 6.57. The second-order valence-corrected chi connectivity index (χ2v) is 7.13. The number of nitrogens with zero attached hydrogens (tertiary/aromatic N) is 1.